The first-order valence-corrected chi connectivity index (χ1v) is 11.9. The van der Waals surface area contributed by atoms with Gasteiger partial charge in [0.05, 0.1) is 0 Å². The van der Waals surface area contributed by atoms with Gasteiger partial charge in [-0.15, -0.1) is 6.58 Å². The monoisotopic (exact) mass is 332 g/mol. The van der Waals surface area contributed by atoms with Crippen LogP contribution in [0.1, 0.15) is 65.2 Å². The highest BCUT2D eigenvalue weighted by molar-refractivity contribution is 6.71. The molecule has 0 aliphatic carbocycles. The van der Waals surface area contributed by atoms with Crippen LogP contribution in [0.15, 0.2) is 24.8 Å². The van der Waals surface area contributed by atoms with E-state index in [4.69, 9.17) is 4.43 Å². The molecule has 0 radical (unpaired) electrons. The minimum absolute atomic E-state index is 0.0603. The fourth-order valence-electron chi connectivity index (χ4n) is 2.55. The molecule has 1 rings (SSSR count). The maximum Gasteiger partial charge on any atom is 0.244 e. The third kappa shape index (κ3) is 5.24. The second kappa shape index (κ2) is 6.84. The second-order valence-electron chi connectivity index (χ2n) is 9.23. The Morgan fingerprint density at radius 2 is 1.43 bits per heavy atom. The molecule has 23 heavy (non-hydrogen) atoms. The van der Waals surface area contributed by atoms with E-state index in [0.29, 0.717) is 0 Å². The lowest BCUT2D eigenvalue weighted by atomic mass is 9.78. The molecule has 1 aromatic rings. The van der Waals surface area contributed by atoms with E-state index in [1.807, 2.05) is 6.08 Å². The van der Waals surface area contributed by atoms with Gasteiger partial charge in [-0.05, 0) is 53.1 Å². The van der Waals surface area contributed by atoms with Crippen LogP contribution in [0.4, 0.5) is 0 Å². The van der Waals surface area contributed by atoms with Crippen molar-refractivity contribution in [2.24, 2.45) is 0 Å². The van der Waals surface area contributed by atoms with Crippen molar-refractivity contribution >= 4 is 8.32 Å². The molecule has 0 bridgehead atoms. The van der Waals surface area contributed by atoms with E-state index in [1.54, 1.807) is 0 Å². The first kappa shape index (κ1) is 20.0. The van der Waals surface area contributed by atoms with Crippen LogP contribution in [0.3, 0.4) is 0 Å². The predicted octanol–water partition coefficient (Wildman–Crippen LogP) is 6.61. The van der Waals surface area contributed by atoms with Gasteiger partial charge in [0.2, 0.25) is 8.32 Å². The summed E-state index contributed by atoms with van der Waals surface area (Å²) in [7, 11) is -1.69. The quantitative estimate of drug-likeness (QED) is 0.435. The van der Waals surface area contributed by atoms with Crippen molar-refractivity contribution < 1.29 is 4.43 Å². The molecule has 130 valence electrons. The zero-order valence-corrected chi connectivity index (χ0v) is 17.8. The molecule has 0 unspecified atom stereocenters. The van der Waals surface area contributed by atoms with Crippen LogP contribution >= 0.6 is 0 Å². The van der Waals surface area contributed by atoms with Gasteiger partial charge in [0, 0.05) is 0 Å². The summed E-state index contributed by atoms with van der Waals surface area (Å²) in [6.45, 7) is 24.4. The van der Waals surface area contributed by atoms with Crippen LogP contribution in [-0.4, -0.2) is 8.32 Å². The zero-order chi connectivity index (χ0) is 18.1. The minimum Gasteiger partial charge on any atom is -0.544 e. The molecule has 0 aromatic heterocycles. The van der Waals surface area contributed by atoms with Crippen LogP contribution in [0, 0.1) is 0 Å². The summed E-state index contributed by atoms with van der Waals surface area (Å²) < 4.78 is 6.71. The Bertz CT molecular complexity index is 521. The third-order valence-electron chi connectivity index (χ3n) is 4.37. The maximum absolute atomic E-state index is 6.71. The molecule has 0 aliphatic rings. The molecule has 2 heteroatoms. The lowest BCUT2D eigenvalue weighted by Gasteiger charge is -2.34. The summed E-state index contributed by atoms with van der Waals surface area (Å²) in [5.74, 6) is 1.14. The summed E-state index contributed by atoms with van der Waals surface area (Å²) in [5.41, 5.74) is 4.11. The van der Waals surface area contributed by atoms with Crippen LogP contribution in [0.2, 0.25) is 19.1 Å². The number of hydrogen-bond donors (Lipinski definition) is 0. The van der Waals surface area contributed by atoms with Gasteiger partial charge in [-0.2, -0.15) is 0 Å². The highest BCUT2D eigenvalue weighted by Gasteiger charge is 2.31. The van der Waals surface area contributed by atoms with Gasteiger partial charge < -0.3 is 4.43 Å². The number of allylic oxidation sites excluding steroid dienone is 1. The Hall–Kier alpha value is -1.02. The second-order valence-corrected chi connectivity index (χ2v) is 13.7. The van der Waals surface area contributed by atoms with Crippen molar-refractivity contribution in [1.29, 1.82) is 0 Å². The van der Waals surface area contributed by atoms with Crippen LogP contribution in [-0.2, 0) is 17.3 Å². The van der Waals surface area contributed by atoms with Crippen molar-refractivity contribution in [2.75, 3.05) is 0 Å². The van der Waals surface area contributed by atoms with E-state index in [0.717, 1.165) is 18.2 Å². The summed E-state index contributed by atoms with van der Waals surface area (Å²) in [4.78, 5) is 0. The summed E-state index contributed by atoms with van der Waals surface area (Å²) in [5, 5.41) is 0. The fourth-order valence-corrected chi connectivity index (χ4v) is 3.46. The number of benzene rings is 1. The van der Waals surface area contributed by atoms with E-state index < -0.39 is 8.32 Å². The summed E-state index contributed by atoms with van der Waals surface area (Å²) in [6.07, 6.45) is 2.89. The van der Waals surface area contributed by atoms with Crippen LogP contribution in [0.25, 0.3) is 0 Å². The van der Waals surface area contributed by atoms with E-state index in [1.165, 1.54) is 16.7 Å². The van der Waals surface area contributed by atoms with Gasteiger partial charge in [0.15, 0.2) is 0 Å². The van der Waals surface area contributed by atoms with Crippen molar-refractivity contribution in [3.05, 3.63) is 41.5 Å². The Balaban J connectivity index is 3.69. The molecule has 0 N–H and O–H groups in total. The van der Waals surface area contributed by atoms with Gasteiger partial charge >= 0.3 is 0 Å². The molecular weight excluding hydrogens is 296 g/mol. The van der Waals surface area contributed by atoms with E-state index in [9.17, 15) is 0 Å². The van der Waals surface area contributed by atoms with Crippen molar-refractivity contribution in [3.8, 4) is 5.75 Å². The maximum atomic E-state index is 6.71. The molecule has 0 saturated heterocycles. The third-order valence-corrected chi connectivity index (χ3v) is 6.83. The molecule has 0 heterocycles. The van der Waals surface area contributed by atoms with Crippen LogP contribution < -0.4 is 4.43 Å². The molecule has 1 nitrogen and oxygen atoms in total. The Morgan fingerprint density at radius 1 is 1.00 bits per heavy atom. The van der Waals surface area contributed by atoms with E-state index in [-0.39, 0.29) is 10.8 Å². The standard InChI is InChI=1S/C21H36OSi/c1-11-13-16-14-17(20(3,4)5)19(22-23(9,10)12-2)18(15-16)21(6,7)8/h11,14-15H,1,12-13H2,2-10H3. The summed E-state index contributed by atoms with van der Waals surface area (Å²) >= 11 is 0. The number of rotatable bonds is 5. The molecular formula is C21H36OSi. The predicted molar refractivity (Wildman–Crippen MR) is 106 cm³/mol. The highest BCUT2D eigenvalue weighted by atomic mass is 28.4. The minimum atomic E-state index is -1.69. The first-order chi connectivity index (χ1) is 10.3. The van der Waals surface area contributed by atoms with Crippen molar-refractivity contribution in [2.45, 2.75) is 84.9 Å². The number of hydrogen-bond acceptors (Lipinski definition) is 1. The van der Waals surface area contributed by atoms with Gasteiger partial charge in [-0.25, -0.2) is 0 Å². The van der Waals surface area contributed by atoms with Gasteiger partial charge in [-0.1, -0.05) is 66.7 Å². The van der Waals surface area contributed by atoms with Gasteiger partial charge in [-0.3, -0.25) is 0 Å². The Kier molecular flexibility index (Phi) is 5.96. The molecule has 0 amide bonds. The molecule has 0 atom stereocenters. The normalized spacial score (nSPS) is 13.1. The van der Waals surface area contributed by atoms with Gasteiger partial charge in [0.25, 0.3) is 0 Å². The van der Waals surface area contributed by atoms with Crippen LogP contribution in [0.5, 0.6) is 5.75 Å². The van der Waals surface area contributed by atoms with Crippen molar-refractivity contribution in [1.82, 2.24) is 0 Å². The first-order valence-electron chi connectivity index (χ1n) is 8.79. The largest absolute Gasteiger partial charge is 0.544 e. The van der Waals surface area contributed by atoms with E-state index >= 15 is 0 Å². The average Bonchev–Trinajstić information content (AvgIpc) is 2.37. The molecule has 0 spiro atoms. The highest BCUT2D eigenvalue weighted by Crippen LogP contribution is 2.42. The van der Waals surface area contributed by atoms with E-state index in [2.05, 4.69) is 80.3 Å². The molecule has 0 saturated carbocycles. The SMILES string of the molecule is C=CCc1cc(C(C)(C)C)c(O[Si](C)(C)CC)c(C(C)(C)C)c1. The smallest absolute Gasteiger partial charge is 0.244 e. The summed E-state index contributed by atoms with van der Waals surface area (Å²) in [6, 6.07) is 5.77. The van der Waals surface area contributed by atoms with Gasteiger partial charge in [0.1, 0.15) is 5.75 Å². The topological polar surface area (TPSA) is 9.23 Å². The lowest BCUT2D eigenvalue weighted by molar-refractivity contribution is 0.473. The fraction of sp³-hybridized carbons (Fsp3) is 0.619. The van der Waals surface area contributed by atoms with Crippen molar-refractivity contribution in [3.63, 3.8) is 0 Å². The Morgan fingerprint density at radius 3 is 1.74 bits per heavy atom. The molecule has 0 fully saturated rings. The molecule has 1 aromatic carbocycles. The zero-order valence-electron chi connectivity index (χ0n) is 16.8. The average molecular weight is 333 g/mol. The Labute approximate surface area is 145 Å². The lowest BCUT2D eigenvalue weighted by Crippen LogP contribution is -2.35. The molecule has 0 aliphatic heterocycles.